The van der Waals surface area contributed by atoms with Crippen LogP contribution >= 0.6 is 0 Å². The smallest absolute Gasteiger partial charge is 0.329 e. The van der Waals surface area contributed by atoms with Crippen molar-refractivity contribution in [2.45, 2.75) is 63.0 Å². The Morgan fingerprint density at radius 3 is 2.29 bits per heavy atom. The molecule has 3 atom stereocenters. The third-order valence-electron chi connectivity index (χ3n) is 3.98. The van der Waals surface area contributed by atoms with Crippen LogP contribution in [0.3, 0.4) is 0 Å². The van der Waals surface area contributed by atoms with E-state index in [1.807, 2.05) is 0 Å². The van der Waals surface area contributed by atoms with Crippen LogP contribution in [0.4, 0.5) is 13.2 Å². The van der Waals surface area contributed by atoms with Crippen LogP contribution in [0.2, 0.25) is 0 Å². The van der Waals surface area contributed by atoms with E-state index in [2.05, 4.69) is 0 Å². The van der Waals surface area contributed by atoms with Gasteiger partial charge in [0.25, 0.3) is 0 Å². The van der Waals surface area contributed by atoms with Crippen LogP contribution in [0.15, 0.2) is 12.2 Å². The Hall–Kier alpha value is -1.12. The van der Waals surface area contributed by atoms with Gasteiger partial charge in [-0.3, -0.25) is 4.79 Å². The maximum Gasteiger partial charge on any atom is 0.329 e. The fraction of sp³-hybridized carbons (Fsp3) is 0.812. The van der Waals surface area contributed by atoms with Gasteiger partial charge in [-0.15, -0.1) is 0 Å². The molecule has 0 radical (unpaired) electrons. The summed E-state index contributed by atoms with van der Waals surface area (Å²) >= 11 is 0. The zero-order valence-electron chi connectivity index (χ0n) is 13.7. The lowest BCUT2D eigenvalue weighted by Gasteiger charge is -2.31. The molecule has 0 saturated carbocycles. The van der Waals surface area contributed by atoms with E-state index >= 15 is 0 Å². The Morgan fingerprint density at radius 1 is 1.17 bits per heavy atom. The lowest BCUT2D eigenvalue weighted by Crippen LogP contribution is -2.62. The second-order valence-corrected chi connectivity index (χ2v) is 5.96. The first kappa shape index (κ1) is 22.9. The summed E-state index contributed by atoms with van der Waals surface area (Å²) in [5.74, 6) is -2.55. The first-order chi connectivity index (χ1) is 11.3. The lowest BCUT2D eigenvalue weighted by molar-refractivity contribution is -0.151. The molecule has 0 spiro atoms. The maximum absolute atomic E-state index is 12.9. The number of alkyl halides is 3. The Labute approximate surface area is 140 Å². The van der Waals surface area contributed by atoms with E-state index in [-0.39, 0.29) is 12.8 Å². The van der Waals surface area contributed by atoms with Gasteiger partial charge in [0.1, 0.15) is 6.67 Å². The zero-order chi connectivity index (χ0) is 18.6. The van der Waals surface area contributed by atoms with Gasteiger partial charge >= 0.3 is 5.97 Å². The van der Waals surface area contributed by atoms with Crippen molar-refractivity contribution in [2.24, 2.45) is 11.7 Å². The number of aliphatic carboxylic acids is 1. The molecule has 0 aliphatic rings. The third-order valence-corrected chi connectivity index (χ3v) is 3.98. The number of carboxylic acids is 1. The van der Waals surface area contributed by atoms with Crippen molar-refractivity contribution < 1.29 is 33.3 Å². The number of aliphatic hydroxyl groups is 2. The van der Waals surface area contributed by atoms with Crippen molar-refractivity contribution in [1.29, 1.82) is 0 Å². The van der Waals surface area contributed by atoms with Crippen molar-refractivity contribution in [2.75, 3.05) is 13.3 Å². The fourth-order valence-corrected chi connectivity index (χ4v) is 2.29. The molecule has 0 aromatic heterocycles. The maximum atomic E-state index is 12.9. The molecule has 5 nitrogen and oxygen atoms in total. The number of allylic oxidation sites excluding steroid dienone is 2. The quantitative estimate of drug-likeness (QED) is 0.283. The van der Waals surface area contributed by atoms with Crippen LogP contribution in [0.25, 0.3) is 0 Å². The third kappa shape index (κ3) is 8.12. The minimum atomic E-state index is -2.44. The average Bonchev–Trinajstić information content (AvgIpc) is 2.54. The number of nitrogens with two attached hydrogens (primary N) is 1. The molecular weight excluding hydrogens is 327 g/mol. The topological polar surface area (TPSA) is 104 Å². The minimum Gasteiger partial charge on any atom is -0.480 e. The van der Waals surface area contributed by atoms with Gasteiger partial charge in [0, 0.05) is 18.9 Å². The Kier molecular flexibility index (Phi) is 11.7. The number of halogens is 3. The largest absolute Gasteiger partial charge is 0.480 e. The van der Waals surface area contributed by atoms with Gasteiger partial charge in [0.15, 0.2) is 5.54 Å². The molecule has 24 heavy (non-hydrogen) atoms. The number of hydrogen-bond acceptors (Lipinski definition) is 4. The van der Waals surface area contributed by atoms with Crippen LogP contribution in [0.1, 0.15) is 44.9 Å². The Balaban J connectivity index is 4.14. The number of unbranched alkanes of at least 4 members (excludes halogenated alkanes) is 4. The van der Waals surface area contributed by atoms with Crippen molar-refractivity contribution in [3.05, 3.63) is 12.2 Å². The molecule has 0 bridgehead atoms. The van der Waals surface area contributed by atoms with Crippen molar-refractivity contribution in [3.63, 3.8) is 0 Å². The molecule has 0 aromatic rings. The van der Waals surface area contributed by atoms with Gasteiger partial charge in [0.05, 0.1) is 6.10 Å². The number of rotatable bonds is 14. The summed E-state index contributed by atoms with van der Waals surface area (Å²) in [6.45, 7) is -1.96. The predicted molar refractivity (Wildman–Crippen MR) is 84.6 cm³/mol. The summed E-state index contributed by atoms with van der Waals surface area (Å²) in [7, 11) is 0. The highest BCUT2D eigenvalue weighted by atomic mass is 19.3. The van der Waals surface area contributed by atoms with Gasteiger partial charge < -0.3 is 21.1 Å². The molecule has 0 saturated heterocycles. The SMILES string of the molecule is NC(CF)(C(=O)O)C(O)C(CO)C/C=C/CCCCCCC(F)F. The molecule has 3 unspecified atom stereocenters. The zero-order valence-corrected chi connectivity index (χ0v) is 13.7. The van der Waals surface area contributed by atoms with E-state index < -0.39 is 43.2 Å². The molecule has 0 heterocycles. The molecule has 0 fully saturated rings. The van der Waals surface area contributed by atoms with Crippen LogP contribution in [0.5, 0.6) is 0 Å². The molecule has 8 heteroatoms. The molecule has 0 amide bonds. The first-order valence-electron chi connectivity index (χ1n) is 8.09. The Morgan fingerprint density at radius 2 is 1.79 bits per heavy atom. The van der Waals surface area contributed by atoms with E-state index in [1.165, 1.54) is 0 Å². The van der Waals surface area contributed by atoms with Crippen molar-refractivity contribution in [3.8, 4) is 0 Å². The monoisotopic (exact) mass is 355 g/mol. The molecule has 0 aliphatic heterocycles. The first-order valence-corrected chi connectivity index (χ1v) is 8.09. The molecule has 0 aliphatic carbocycles. The van der Waals surface area contributed by atoms with E-state index in [1.54, 1.807) is 12.2 Å². The van der Waals surface area contributed by atoms with Gasteiger partial charge in [-0.2, -0.15) is 0 Å². The highest BCUT2D eigenvalue weighted by molar-refractivity contribution is 5.79. The van der Waals surface area contributed by atoms with E-state index in [0.717, 1.165) is 19.3 Å². The van der Waals surface area contributed by atoms with Gasteiger partial charge in [-0.1, -0.05) is 25.0 Å². The summed E-state index contributed by atoms with van der Waals surface area (Å²) in [6.07, 6.45) is 3.18. The molecule has 0 aromatic carbocycles. The molecule has 0 rings (SSSR count). The highest BCUT2D eigenvalue weighted by Gasteiger charge is 2.45. The standard InChI is InChI=1S/C16H28F3NO4/c17-11-16(20,15(23)24)14(22)12(10-21)8-6-4-2-1-3-5-7-9-13(18)19/h4,6,12-14,21-22H,1-3,5,7-11,20H2,(H,23,24)/b6-4+. The lowest BCUT2D eigenvalue weighted by atomic mass is 9.84. The molecular formula is C16H28F3NO4. The van der Waals surface area contributed by atoms with E-state index in [9.17, 15) is 28.2 Å². The second-order valence-electron chi connectivity index (χ2n) is 5.96. The minimum absolute atomic E-state index is 0.0785. The summed E-state index contributed by atoms with van der Waals surface area (Å²) in [4.78, 5) is 11.0. The molecule has 142 valence electrons. The van der Waals surface area contributed by atoms with Gasteiger partial charge in [-0.25, -0.2) is 13.2 Å². The van der Waals surface area contributed by atoms with E-state index in [0.29, 0.717) is 12.8 Å². The normalized spacial score (nSPS) is 17.1. The summed E-state index contributed by atoms with van der Waals surface area (Å²) in [6, 6.07) is 0. The summed E-state index contributed by atoms with van der Waals surface area (Å²) < 4.78 is 36.7. The molecule has 5 N–H and O–H groups in total. The number of aliphatic hydroxyl groups excluding tert-OH is 2. The number of hydrogen-bond donors (Lipinski definition) is 4. The van der Waals surface area contributed by atoms with Crippen LogP contribution < -0.4 is 5.73 Å². The van der Waals surface area contributed by atoms with Crippen molar-refractivity contribution >= 4 is 5.97 Å². The number of carbonyl (C=O) groups is 1. The average molecular weight is 355 g/mol. The van der Waals surface area contributed by atoms with Gasteiger partial charge in [-0.05, 0) is 25.7 Å². The van der Waals surface area contributed by atoms with Crippen LogP contribution in [0, 0.1) is 5.92 Å². The fourth-order valence-electron chi connectivity index (χ4n) is 2.29. The summed E-state index contributed by atoms with van der Waals surface area (Å²) in [5.41, 5.74) is 2.93. The van der Waals surface area contributed by atoms with Crippen LogP contribution in [-0.2, 0) is 4.79 Å². The predicted octanol–water partition coefficient (Wildman–Crippen LogP) is 2.26. The van der Waals surface area contributed by atoms with Crippen molar-refractivity contribution in [1.82, 2.24) is 0 Å². The van der Waals surface area contributed by atoms with E-state index in [4.69, 9.17) is 10.8 Å². The highest BCUT2D eigenvalue weighted by Crippen LogP contribution is 2.21. The summed E-state index contributed by atoms with van der Waals surface area (Å²) in [5, 5.41) is 28.1. The van der Waals surface area contributed by atoms with Gasteiger partial charge in [0.2, 0.25) is 6.43 Å². The number of carboxylic acid groups (broad SMARTS) is 1. The second kappa shape index (κ2) is 12.3. The van der Waals surface area contributed by atoms with Crippen LogP contribution in [-0.4, -0.2) is 52.6 Å². The Bertz CT molecular complexity index is 382.